The van der Waals surface area contributed by atoms with Crippen LogP contribution in [0.15, 0.2) is 18.3 Å². The topological polar surface area (TPSA) is 17.3 Å². The summed E-state index contributed by atoms with van der Waals surface area (Å²) in [5.74, 6) is 0. The molecule has 2 aromatic rings. The van der Waals surface area contributed by atoms with Crippen LogP contribution in [0.2, 0.25) is 0 Å². The van der Waals surface area contributed by atoms with Gasteiger partial charge in [-0.1, -0.05) is 12.8 Å². The van der Waals surface area contributed by atoms with E-state index in [0.29, 0.717) is 0 Å². The zero-order valence-electron chi connectivity index (χ0n) is 9.87. The van der Waals surface area contributed by atoms with E-state index in [2.05, 4.69) is 30.4 Å². The summed E-state index contributed by atoms with van der Waals surface area (Å²) in [5.41, 5.74) is 5.41. The Morgan fingerprint density at radius 3 is 2.56 bits per heavy atom. The van der Waals surface area contributed by atoms with Crippen molar-refractivity contribution < 1.29 is 0 Å². The molecule has 0 N–H and O–H groups in total. The Balaban J connectivity index is 2.11. The fourth-order valence-electron chi connectivity index (χ4n) is 2.69. The first kappa shape index (κ1) is 9.88. The monoisotopic (exact) mass is 214 g/mol. The van der Waals surface area contributed by atoms with E-state index in [1.165, 1.54) is 49.6 Å². The number of rotatable bonds is 0. The molecule has 0 aliphatic heterocycles. The van der Waals surface area contributed by atoms with Crippen molar-refractivity contribution in [2.45, 2.75) is 45.4 Å². The normalized spacial score (nSPS) is 16.8. The highest BCUT2D eigenvalue weighted by molar-refractivity contribution is 5.51. The smallest absolute Gasteiger partial charge is 0.0667 e. The third-order valence-electron chi connectivity index (χ3n) is 3.54. The quantitative estimate of drug-likeness (QED) is 0.657. The molecule has 0 bridgehead atoms. The predicted molar refractivity (Wildman–Crippen MR) is 65.8 cm³/mol. The third kappa shape index (κ3) is 1.73. The van der Waals surface area contributed by atoms with E-state index >= 15 is 0 Å². The van der Waals surface area contributed by atoms with Gasteiger partial charge in [0.15, 0.2) is 0 Å². The number of pyridine rings is 1. The van der Waals surface area contributed by atoms with Crippen LogP contribution in [0.3, 0.4) is 0 Å². The zero-order valence-corrected chi connectivity index (χ0v) is 9.87. The lowest BCUT2D eigenvalue weighted by Gasteiger charge is -2.13. The van der Waals surface area contributed by atoms with Crippen molar-refractivity contribution >= 4 is 5.52 Å². The summed E-state index contributed by atoms with van der Waals surface area (Å²) in [6, 6.07) is 4.50. The van der Waals surface area contributed by atoms with Gasteiger partial charge in [0.25, 0.3) is 0 Å². The van der Waals surface area contributed by atoms with Crippen LogP contribution in [-0.4, -0.2) is 9.61 Å². The number of fused-ring (bicyclic) bond motifs is 2. The van der Waals surface area contributed by atoms with Crippen LogP contribution in [0, 0.1) is 6.92 Å². The summed E-state index contributed by atoms with van der Waals surface area (Å²) in [6.45, 7) is 2.06. The summed E-state index contributed by atoms with van der Waals surface area (Å²) >= 11 is 0. The molecule has 0 fully saturated rings. The Morgan fingerprint density at radius 2 is 1.75 bits per heavy atom. The van der Waals surface area contributed by atoms with Gasteiger partial charge in [0.05, 0.1) is 11.2 Å². The van der Waals surface area contributed by atoms with Gasteiger partial charge >= 0.3 is 0 Å². The molecule has 0 saturated heterocycles. The van der Waals surface area contributed by atoms with E-state index in [1.807, 2.05) is 4.52 Å². The van der Waals surface area contributed by atoms with Crippen molar-refractivity contribution in [2.24, 2.45) is 0 Å². The molecule has 2 heteroatoms. The number of aryl methyl sites for hydroxylation is 3. The maximum Gasteiger partial charge on any atom is 0.0667 e. The molecule has 0 atom stereocenters. The molecule has 0 spiro atoms. The standard InChI is InChI=1S/C14H18N2/c1-11-8-14-9-12-6-4-2-3-5-7-13(12)10-16(14)15-11/h8-10H,2-7H2,1H3. The van der Waals surface area contributed by atoms with E-state index < -0.39 is 0 Å². The van der Waals surface area contributed by atoms with Gasteiger partial charge in [-0.3, -0.25) is 0 Å². The second kappa shape index (κ2) is 3.93. The van der Waals surface area contributed by atoms with Crippen molar-refractivity contribution in [1.82, 2.24) is 9.61 Å². The van der Waals surface area contributed by atoms with E-state index in [4.69, 9.17) is 0 Å². The van der Waals surface area contributed by atoms with Crippen LogP contribution in [-0.2, 0) is 12.8 Å². The van der Waals surface area contributed by atoms with E-state index in [9.17, 15) is 0 Å². The lowest BCUT2D eigenvalue weighted by Crippen LogP contribution is -2.02. The summed E-state index contributed by atoms with van der Waals surface area (Å²) in [4.78, 5) is 0. The maximum absolute atomic E-state index is 4.49. The molecular formula is C14H18N2. The Kier molecular flexibility index (Phi) is 2.43. The highest BCUT2D eigenvalue weighted by Crippen LogP contribution is 2.22. The van der Waals surface area contributed by atoms with E-state index in [-0.39, 0.29) is 0 Å². The average Bonchev–Trinajstić information content (AvgIpc) is 2.57. The van der Waals surface area contributed by atoms with Gasteiger partial charge in [-0.2, -0.15) is 5.10 Å². The van der Waals surface area contributed by atoms with Gasteiger partial charge in [-0.25, -0.2) is 4.52 Å². The lowest BCUT2D eigenvalue weighted by molar-refractivity contribution is 0.614. The number of aromatic nitrogens is 2. The van der Waals surface area contributed by atoms with Crippen molar-refractivity contribution in [3.8, 4) is 0 Å². The molecule has 2 aromatic heterocycles. The third-order valence-corrected chi connectivity index (χ3v) is 3.54. The minimum atomic E-state index is 1.11. The molecule has 2 heterocycles. The van der Waals surface area contributed by atoms with Gasteiger partial charge in [-0.15, -0.1) is 0 Å². The molecule has 0 radical (unpaired) electrons. The second-order valence-corrected chi connectivity index (χ2v) is 4.89. The van der Waals surface area contributed by atoms with Crippen LogP contribution >= 0.6 is 0 Å². The number of hydrogen-bond donors (Lipinski definition) is 0. The zero-order chi connectivity index (χ0) is 11.0. The first-order chi connectivity index (χ1) is 7.83. The largest absolute Gasteiger partial charge is 0.240 e. The molecule has 0 saturated carbocycles. The van der Waals surface area contributed by atoms with Gasteiger partial charge in [0, 0.05) is 6.20 Å². The van der Waals surface area contributed by atoms with Crippen molar-refractivity contribution in [2.75, 3.05) is 0 Å². The molecular weight excluding hydrogens is 196 g/mol. The van der Waals surface area contributed by atoms with Crippen LogP contribution in [0.4, 0.5) is 0 Å². The minimum Gasteiger partial charge on any atom is -0.240 e. The second-order valence-electron chi connectivity index (χ2n) is 4.89. The number of hydrogen-bond acceptors (Lipinski definition) is 1. The Morgan fingerprint density at radius 1 is 1.00 bits per heavy atom. The van der Waals surface area contributed by atoms with Gasteiger partial charge < -0.3 is 0 Å². The fraction of sp³-hybridized carbons (Fsp3) is 0.500. The molecule has 0 unspecified atom stereocenters. The van der Waals surface area contributed by atoms with Crippen LogP contribution < -0.4 is 0 Å². The molecule has 0 aromatic carbocycles. The predicted octanol–water partition coefficient (Wildman–Crippen LogP) is 3.30. The summed E-state index contributed by atoms with van der Waals surface area (Å²) in [5, 5.41) is 4.49. The molecule has 1 aliphatic rings. The molecule has 2 nitrogen and oxygen atoms in total. The maximum atomic E-state index is 4.49. The Labute approximate surface area is 96.3 Å². The molecule has 0 amide bonds. The van der Waals surface area contributed by atoms with Crippen molar-refractivity contribution in [3.05, 3.63) is 35.2 Å². The van der Waals surface area contributed by atoms with E-state index in [1.54, 1.807) is 5.56 Å². The number of nitrogens with zero attached hydrogens (tertiary/aromatic N) is 2. The molecule has 16 heavy (non-hydrogen) atoms. The Hall–Kier alpha value is -1.31. The lowest BCUT2D eigenvalue weighted by atomic mass is 9.95. The first-order valence-corrected chi connectivity index (χ1v) is 6.31. The SMILES string of the molecule is Cc1cc2cc3c(cn2n1)CCCCCC3. The average molecular weight is 214 g/mol. The summed E-state index contributed by atoms with van der Waals surface area (Å²) in [7, 11) is 0. The van der Waals surface area contributed by atoms with E-state index in [0.717, 1.165) is 5.69 Å². The fourth-order valence-corrected chi connectivity index (χ4v) is 2.69. The van der Waals surface area contributed by atoms with Gasteiger partial charge in [-0.05, 0) is 55.9 Å². The minimum absolute atomic E-state index is 1.11. The van der Waals surface area contributed by atoms with Crippen LogP contribution in [0.1, 0.15) is 42.5 Å². The van der Waals surface area contributed by atoms with Crippen LogP contribution in [0.5, 0.6) is 0 Å². The van der Waals surface area contributed by atoms with Crippen molar-refractivity contribution in [1.29, 1.82) is 0 Å². The molecule has 84 valence electrons. The summed E-state index contributed by atoms with van der Waals surface area (Å²) in [6.07, 6.45) is 10.2. The highest BCUT2D eigenvalue weighted by atomic mass is 15.2. The molecule has 3 rings (SSSR count). The van der Waals surface area contributed by atoms with Gasteiger partial charge in [0.2, 0.25) is 0 Å². The van der Waals surface area contributed by atoms with Crippen molar-refractivity contribution in [3.63, 3.8) is 0 Å². The summed E-state index contributed by atoms with van der Waals surface area (Å²) < 4.78 is 2.04. The first-order valence-electron chi connectivity index (χ1n) is 6.31. The molecule has 1 aliphatic carbocycles. The van der Waals surface area contributed by atoms with Crippen LogP contribution in [0.25, 0.3) is 5.52 Å². The highest BCUT2D eigenvalue weighted by Gasteiger charge is 2.09. The van der Waals surface area contributed by atoms with Gasteiger partial charge in [0.1, 0.15) is 0 Å². The Bertz CT molecular complexity index is 466.